The first-order chi connectivity index (χ1) is 15.0. The highest BCUT2D eigenvalue weighted by Crippen LogP contribution is 2.26. The predicted molar refractivity (Wildman–Crippen MR) is 122 cm³/mol. The molecular weight excluding hydrogens is 430 g/mol. The Balaban J connectivity index is 1.38. The quantitative estimate of drug-likeness (QED) is 0.587. The van der Waals surface area contributed by atoms with Gasteiger partial charge in [0.25, 0.3) is 0 Å². The van der Waals surface area contributed by atoms with E-state index in [1.165, 1.54) is 11.3 Å². The van der Waals surface area contributed by atoms with E-state index in [2.05, 4.69) is 10.3 Å². The number of sulfonamides is 1. The lowest BCUT2D eigenvalue weighted by Crippen LogP contribution is -2.35. The maximum Gasteiger partial charge on any atom is 0.243 e. The van der Waals surface area contributed by atoms with E-state index in [1.54, 1.807) is 28.6 Å². The molecule has 162 valence electrons. The second kappa shape index (κ2) is 9.72. The Morgan fingerprint density at radius 2 is 1.71 bits per heavy atom. The molecule has 1 N–H and O–H groups in total. The molecule has 0 saturated carbocycles. The van der Waals surface area contributed by atoms with Crippen LogP contribution in [0.1, 0.15) is 29.8 Å². The van der Waals surface area contributed by atoms with Crippen molar-refractivity contribution in [3.8, 4) is 11.3 Å². The number of hydrogen-bond acceptors (Lipinski definition) is 5. The summed E-state index contributed by atoms with van der Waals surface area (Å²) in [5.74, 6) is -0.0762. The van der Waals surface area contributed by atoms with Gasteiger partial charge in [0.15, 0.2) is 0 Å². The summed E-state index contributed by atoms with van der Waals surface area (Å²) in [6.07, 6.45) is 3.13. The number of rotatable bonds is 7. The maximum atomic E-state index is 12.8. The van der Waals surface area contributed by atoms with Gasteiger partial charge in [-0.15, -0.1) is 11.3 Å². The molecule has 1 aromatic heterocycles. The lowest BCUT2D eigenvalue weighted by atomic mass is 10.2. The highest BCUT2D eigenvalue weighted by molar-refractivity contribution is 7.89. The molecule has 1 aliphatic rings. The standard InChI is InChI=1S/C23H25N3O3S2/c27-22(24-16-18-7-3-1-4-8-18)15-23-25-21(17-30-23)19-9-11-20(12-10-19)31(28,29)26-13-5-2-6-14-26/h1,3-4,7-12,17H,2,5-6,13-16H2,(H,24,27). The molecule has 0 spiro atoms. The van der Waals surface area contributed by atoms with Crippen LogP contribution in [0.25, 0.3) is 11.3 Å². The van der Waals surface area contributed by atoms with Crippen molar-refractivity contribution in [2.45, 2.75) is 37.1 Å². The Kier molecular flexibility index (Phi) is 6.80. The van der Waals surface area contributed by atoms with E-state index in [0.29, 0.717) is 24.5 Å². The number of nitrogens with one attached hydrogen (secondary N) is 1. The van der Waals surface area contributed by atoms with E-state index in [0.717, 1.165) is 41.1 Å². The summed E-state index contributed by atoms with van der Waals surface area (Å²) < 4.78 is 27.2. The average Bonchev–Trinajstić information content (AvgIpc) is 3.27. The van der Waals surface area contributed by atoms with Crippen LogP contribution in [0.3, 0.4) is 0 Å². The predicted octanol–water partition coefficient (Wildman–Crippen LogP) is 3.84. The highest BCUT2D eigenvalue weighted by atomic mass is 32.2. The molecule has 2 aromatic carbocycles. The molecule has 0 bridgehead atoms. The second-order valence-corrected chi connectivity index (χ2v) is 10.4. The van der Waals surface area contributed by atoms with E-state index < -0.39 is 10.0 Å². The van der Waals surface area contributed by atoms with Gasteiger partial charge >= 0.3 is 0 Å². The molecule has 1 amide bonds. The van der Waals surface area contributed by atoms with Crippen molar-refractivity contribution < 1.29 is 13.2 Å². The van der Waals surface area contributed by atoms with Crippen molar-refractivity contribution in [1.82, 2.24) is 14.6 Å². The molecule has 31 heavy (non-hydrogen) atoms. The van der Waals surface area contributed by atoms with Crippen molar-refractivity contribution in [2.75, 3.05) is 13.1 Å². The fraction of sp³-hybridized carbons (Fsp3) is 0.304. The highest BCUT2D eigenvalue weighted by Gasteiger charge is 2.25. The van der Waals surface area contributed by atoms with E-state index in [9.17, 15) is 13.2 Å². The molecule has 3 aromatic rings. The first-order valence-corrected chi connectivity index (χ1v) is 12.7. The van der Waals surface area contributed by atoms with Gasteiger partial charge in [-0.25, -0.2) is 13.4 Å². The second-order valence-electron chi connectivity index (χ2n) is 7.55. The fourth-order valence-corrected chi connectivity index (χ4v) is 5.89. The largest absolute Gasteiger partial charge is 0.352 e. The van der Waals surface area contributed by atoms with Crippen LogP contribution in [-0.2, 0) is 27.8 Å². The SMILES string of the molecule is O=C(Cc1nc(-c2ccc(S(=O)(=O)N3CCCCC3)cc2)cs1)NCc1ccccc1. The number of carbonyl (C=O) groups is 1. The number of nitrogens with zero attached hydrogens (tertiary/aromatic N) is 2. The van der Waals surface area contributed by atoms with Crippen molar-refractivity contribution in [3.05, 3.63) is 70.5 Å². The Labute approximate surface area is 187 Å². The van der Waals surface area contributed by atoms with Gasteiger partial charge in [-0.1, -0.05) is 48.9 Å². The van der Waals surface area contributed by atoms with Gasteiger partial charge in [-0.05, 0) is 30.5 Å². The summed E-state index contributed by atoms with van der Waals surface area (Å²) in [5, 5.41) is 5.53. The van der Waals surface area contributed by atoms with Gasteiger partial charge in [0, 0.05) is 30.6 Å². The summed E-state index contributed by atoms with van der Waals surface area (Å²) in [4.78, 5) is 17.1. The number of aromatic nitrogens is 1. The average molecular weight is 456 g/mol. The number of carbonyl (C=O) groups excluding carboxylic acids is 1. The zero-order valence-corrected chi connectivity index (χ0v) is 18.8. The summed E-state index contributed by atoms with van der Waals surface area (Å²) in [6.45, 7) is 1.67. The summed E-state index contributed by atoms with van der Waals surface area (Å²) >= 11 is 1.43. The summed E-state index contributed by atoms with van der Waals surface area (Å²) in [5.41, 5.74) is 2.64. The van der Waals surface area contributed by atoms with E-state index >= 15 is 0 Å². The molecule has 0 radical (unpaired) electrons. The third-order valence-corrected chi connectivity index (χ3v) is 8.06. The maximum absolute atomic E-state index is 12.8. The monoisotopic (exact) mass is 455 g/mol. The molecule has 2 heterocycles. The lowest BCUT2D eigenvalue weighted by molar-refractivity contribution is -0.120. The Morgan fingerprint density at radius 1 is 1.00 bits per heavy atom. The third kappa shape index (κ3) is 5.39. The molecule has 4 rings (SSSR count). The van der Waals surface area contributed by atoms with Crippen molar-refractivity contribution in [1.29, 1.82) is 0 Å². The number of piperidine rings is 1. The molecule has 1 saturated heterocycles. The Morgan fingerprint density at radius 3 is 2.42 bits per heavy atom. The molecule has 0 atom stereocenters. The lowest BCUT2D eigenvalue weighted by Gasteiger charge is -2.25. The smallest absolute Gasteiger partial charge is 0.243 e. The van der Waals surface area contributed by atoms with Crippen LogP contribution >= 0.6 is 11.3 Å². The molecular formula is C23H25N3O3S2. The van der Waals surface area contributed by atoms with Gasteiger partial charge in [0.05, 0.1) is 17.0 Å². The van der Waals surface area contributed by atoms with Gasteiger partial charge in [0.1, 0.15) is 5.01 Å². The Bertz CT molecular complexity index is 1120. The molecule has 0 unspecified atom stereocenters. The molecule has 1 fully saturated rings. The summed E-state index contributed by atoms with van der Waals surface area (Å²) in [7, 11) is -3.44. The Hall–Kier alpha value is -2.55. The molecule has 1 aliphatic heterocycles. The van der Waals surface area contributed by atoms with E-state index in [-0.39, 0.29) is 12.3 Å². The first kappa shape index (κ1) is 21.7. The van der Waals surface area contributed by atoms with Crippen LogP contribution in [0.4, 0.5) is 0 Å². The number of hydrogen-bond donors (Lipinski definition) is 1. The summed E-state index contributed by atoms with van der Waals surface area (Å²) in [6, 6.07) is 16.6. The number of amides is 1. The minimum Gasteiger partial charge on any atom is -0.352 e. The molecule has 6 nitrogen and oxygen atoms in total. The van der Waals surface area contributed by atoms with Gasteiger partial charge < -0.3 is 5.32 Å². The van der Waals surface area contributed by atoms with Crippen LogP contribution in [0, 0.1) is 0 Å². The van der Waals surface area contributed by atoms with Crippen molar-refractivity contribution in [2.24, 2.45) is 0 Å². The van der Waals surface area contributed by atoms with E-state index in [1.807, 2.05) is 35.7 Å². The van der Waals surface area contributed by atoms with Gasteiger partial charge in [-0.3, -0.25) is 4.79 Å². The van der Waals surface area contributed by atoms with Crippen molar-refractivity contribution in [3.63, 3.8) is 0 Å². The molecule has 0 aliphatic carbocycles. The van der Waals surface area contributed by atoms with E-state index in [4.69, 9.17) is 0 Å². The van der Waals surface area contributed by atoms with Crippen LogP contribution in [0.5, 0.6) is 0 Å². The number of thiazole rings is 1. The van der Waals surface area contributed by atoms with Crippen LogP contribution in [0.2, 0.25) is 0 Å². The van der Waals surface area contributed by atoms with Crippen LogP contribution in [0.15, 0.2) is 64.9 Å². The topological polar surface area (TPSA) is 79.4 Å². The minimum absolute atomic E-state index is 0.0762. The van der Waals surface area contributed by atoms with Crippen LogP contribution in [-0.4, -0.2) is 36.7 Å². The minimum atomic E-state index is -3.44. The zero-order chi connectivity index (χ0) is 21.7. The molecule has 8 heteroatoms. The first-order valence-electron chi connectivity index (χ1n) is 10.4. The van der Waals surface area contributed by atoms with Gasteiger partial charge in [-0.2, -0.15) is 4.31 Å². The van der Waals surface area contributed by atoms with Crippen LogP contribution < -0.4 is 5.32 Å². The third-order valence-electron chi connectivity index (χ3n) is 5.30. The number of benzene rings is 2. The van der Waals surface area contributed by atoms with Crippen molar-refractivity contribution >= 4 is 27.3 Å². The van der Waals surface area contributed by atoms with Gasteiger partial charge in [0.2, 0.25) is 15.9 Å². The fourth-order valence-electron chi connectivity index (χ4n) is 3.57. The normalized spacial score (nSPS) is 15.0. The zero-order valence-electron chi connectivity index (χ0n) is 17.2.